The molecule has 1 saturated heterocycles. The topological polar surface area (TPSA) is 84.5 Å². The van der Waals surface area contributed by atoms with Gasteiger partial charge in [0.05, 0.1) is 38.3 Å². The van der Waals surface area contributed by atoms with Crippen molar-refractivity contribution in [1.29, 1.82) is 0 Å². The third-order valence-electron chi connectivity index (χ3n) is 6.99. The highest BCUT2D eigenvalue weighted by molar-refractivity contribution is 5.94. The Kier molecular flexibility index (Phi) is 12.1. The van der Waals surface area contributed by atoms with Crippen LogP contribution in [0.25, 0.3) is 11.1 Å². The number of anilines is 2. The Morgan fingerprint density at radius 1 is 0.854 bits per heavy atom. The Morgan fingerprint density at radius 3 is 2.39 bits per heavy atom. The van der Waals surface area contributed by atoms with E-state index in [2.05, 4.69) is 26.5 Å². The number of hydrogen-bond acceptors (Lipinski definition) is 7. The summed E-state index contributed by atoms with van der Waals surface area (Å²) in [7, 11) is 3.36. The molecule has 1 aliphatic heterocycles. The summed E-state index contributed by atoms with van der Waals surface area (Å²) in [5.74, 6) is 1.63. The molecule has 4 rings (SSSR count). The second-order valence-electron chi connectivity index (χ2n) is 9.76. The molecule has 0 bridgehead atoms. The number of carbonyl (C=O) groups is 1. The molecule has 0 radical (unpaired) electrons. The number of piperazine rings is 1. The van der Waals surface area contributed by atoms with E-state index < -0.39 is 0 Å². The van der Waals surface area contributed by atoms with Gasteiger partial charge in [-0.2, -0.15) is 0 Å². The van der Waals surface area contributed by atoms with Crippen molar-refractivity contribution in [1.82, 2.24) is 10.2 Å². The van der Waals surface area contributed by atoms with E-state index in [1.54, 1.807) is 14.2 Å². The van der Waals surface area contributed by atoms with Gasteiger partial charge in [-0.1, -0.05) is 42.5 Å². The van der Waals surface area contributed by atoms with Crippen molar-refractivity contribution in [3.8, 4) is 22.6 Å². The molecule has 0 unspecified atom stereocenters. The first-order chi connectivity index (χ1) is 20.2. The van der Waals surface area contributed by atoms with Gasteiger partial charge in [0.2, 0.25) is 0 Å². The van der Waals surface area contributed by atoms with E-state index in [-0.39, 0.29) is 6.03 Å². The van der Waals surface area contributed by atoms with Crippen molar-refractivity contribution in [3.05, 3.63) is 72.8 Å². The molecule has 1 fully saturated rings. The largest absolute Gasteiger partial charge is 0.495 e. The Morgan fingerprint density at radius 2 is 1.61 bits per heavy atom. The predicted octanol–water partition coefficient (Wildman–Crippen LogP) is 4.74. The van der Waals surface area contributed by atoms with Crippen LogP contribution in [0.1, 0.15) is 6.42 Å². The maximum Gasteiger partial charge on any atom is 0.319 e. The Labute approximate surface area is 243 Å². The summed E-state index contributed by atoms with van der Waals surface area (Å²) in [4.78, 5) is 17.6. The van der Waals surface area contributed by atoms with Gasteiger partial charge >= 0.3 is 6.03 Å². The van der Waals surface area contributed by atoms with E-state index in [4.69, 9.17) is 18.9 Å². The lowest BCUT2D eigenvalue weighted by Crippen LogP contribution is -2.47. The van der Waals surface area contributed by atoms with Crippen LogP contribution in [0, 0.1) is 0 Å². The molecular weight excluding hydrogens is 520 g/mol. The van der Waals surface area contributed by atoms with E-state index in [0.717, 1.165) is 73.1 Å². The standard InChI is InChI=1S/C32H42N4O5/c1-38-21-22-40-23-24-41-27-13-14-29(28(25-27)26-9-4-3-5-10-26)34-32(37)33-15-8-16-35-17-19-36(20-18-35)30-11-6-7-12-31(30)39-2/h3-7,9-14,25H,8,15-24H2,1-2H3,(H2,33,34,37). The molecule has 9 heteroatoms. The van der Waals surface area contributed by atoms with Crippen LogP contribution >= 0.6 is 0 Å². The number of urea groups is 1. The molecule has 0 aliphatic carbocycles. The van der Waals surface area contributed by atoms with E-state index in [1.807, 2.05) is 66.7 Å². The third-order valence-corrected chi connectivity index (χ3v) is 6.99. The molecule has 9 nitrogen and oxygen atoms in total. The summed E-state index contributed by atoms with van der Waals surface area (Å²) in [6.07, 6.45) is 0.882. The van der Waals surface area contributed by atoms with Crippen LogP contribution < -0.4 is 25.0 Å². The van der Waals surface area contributed by atoms with Gasteiger partial charge in [0.15, 0.2) is 0 Å². The number of rotatable bonds is 15. The lowest BCUT2D eigenvalue weighted by atomic mass is 10.0. The molecular formula is C32H42N4O5. The number of amides is 2. The molecule has 2 amide bonds. The fraction of sp³-hybridized carbons (Fsp3) is 0.406. The van der Waals surface area contributed by atoms with Gasteiger partial charge in [-0.05, 0) is 48.9 Å². The molecule has 0 spiro atoms. The van der Waals surface area contributed by atoms with Gasteiger partial charge in [-0.15, -0.1) is 0 Å². The molecule has 0 aromatic heterocycles. The molecule has 220 valence electrons. The fourth-order valence-electron chi connectivity index (χ4n) is 4.82. The maximum atomic E-state index is 12.8. The zero-order valence-corrected chi connectivity index (χ0v) is 24.1. The number of carbonyl (C=O) groups excluding carboxylic acids is 1. The van der Waals surface area contributed by atoms with Crippen molar-refractivity contribution in [2.45, 2.75) is 6.42 Å². The van der Waals surface area contributed by atoms with Crippen LogP contribution in [0.2, 0.25) is 0 Å². The van der Waals surface area contributed by atoms with Crippen molar-refractivity contribution >= 4 is 17.4 Å². The highest BCUT2D eigenvalue weighted by atomic mass is 16.5. The van der Waals surface area contributed by atoms with Crippen LogP contribution in [0.3, 0.4) is 0 Å². The minimum atomic E-state index is -0.219. The third kappa shape index (κ3) is 9.38. The normalized spacial score (nSPS) is 13.6. The van der Waals surface area contributed by atoms with E-state index in [1.165, 1.54) is 0 Å². The number of hydrogen-bond donors (Lipinski definition) is 2. The molecule has 0 atom stereocenters. The minimum Gasteiger partial charge on any atom is -0.495 e. The molecule has 3 aromatic rings. The zero-order chi connectivity index (χ0) is 28.7. The monoisotopic (exact) mass is 562 g/mol. The van der Waals surface area contributed by atoms with Crippen molar-refractivity contribution in [2.24, 2.45) is 0 Å². The molecule has 2 N–H and O–H groups in total. The summed E-state index contributed by atoms with van der Waals surface area (Å²) in [5, 5.41) is 6.03. The molecule has 41 heavy (non-hydrogen) atoms. The fourth-order valence-corrected chi connectivity index (χ4v) is 4.82. The lowest BCUT2D eigenvalue weighted by molar-refractivity contribution is 0.0544. The van der Waals surface area contributed by atoms with Gasteiger partial charge in [0, 0.05) is 45.4 Å². The summed E-state index contributed by atoms with van der Waals surface area (Å²) in [6.45, 7) is 7.42. The molecule has 1 aliphatic rings. The number of nitrogens with one attached hydrogen (secondary N) is 2. The maximum absolute atomic E-state index is 12.8. The number of para-hydroxylation sites is 2. The molecule has 1 heterocycles. The van der Waals surface area contributed by atoms with Gasteiger partial charge < -0.3 is 34.5 Å². The van der Waals surface area contributed by atoms with Gasteiger partial charge in [-0.3, -0.25) is 4.90 Å². The van der Waals surface area contributed by atoms with Crippen LogP contribution in [-0.4, -0.2) is 90.8 Å². The predicted molar refractivity (Wildman–Crippen MR) is 163 cm³/mol. The van der Waals surface area contributed by atoms with E-state index in [9.17, 15) is 4.79 Å². The lowest BCUT2D eigenvalue weighted by Gasteiger charge is -2.36. The molecule has 0 saturated carbocycles. The highest BCUT2D eigenvalue weighted by Crippen LogP contribution is 2.32. The summed E-state index contributed by atoms with van der Waals surface area (Å²) < 4.78 is 21.9. The van der Waals surface area contributed by atoms with Crippen LogP contribution in [0.4, 0.5) is 16.2 Å². The average Bonchev–Trinajstić information content (AvgIpc) is 3.02. The number of nitrogens with zero attached hydrogens (tertiary/aromatic N) is 2. The number of methoxy groups -OCH3 is 2. The first-order valence-electron chi connectivity index (χ1n) is 14.2. The van der Waals surface area contributed by atoms with E-state index in [0.29, 0.717) is 33.0 Å². The highest BCUT2D eigenvalue weighted by Gasteiger charge is 2.19. The second kappa shape index (κ2) is 16.5. The zero-order valence-electron chi connectivity index (χ0n) is 24.1. The van der Waals surface area contributed by atoms with Crippen molar-refractivity contribution in [3.63, 3.8) is 0 Å². The van der Waals surface area contributed by atoms with Gasteiger partial charge in [0.25, 0.3) is 0 Å². The first kappa shape index (κ1) is 30.2. The van der Waals surface area contributed by atoms with Crippen LogP contribution in [0.5, 0.6) is 11.5 Å². The van der Waals surface area contributed by atoms with Gasteiger partial charge in [0.1, 0.15) is 18.1 Å². The first-order valence-corrected chi connectivity index (χ1v) is 14.2. The Bertz CT molecular complexity index is 1200. The molecule has 3 aromatic carbocycles. The van der Waals surface area contributed by atoms with E-state index >= 15 is 0 Å². The number of benzene rings is 3. The van der Waals surface area contributed by atoms with Crippen molar-refractivity contribution < 1.29 is 23.7 Å². The van der Waals surface area contributed by atoms with Crippen LogP contribution in [0.15, 0.2) is 72.8 Å². The Balaban J connectivity index is 1.22. The quantitative estimate of drug-likeness (QED) is 0.259. The Hall–Kier alpha value is -3.79. The SMILES string of the molecule is COCCOCCOc1ccc(NC(=O)NCCCN2CCN(c3ccccc3OC)CC2)c(-c2ccccc2)c1. The van der Waals surface area contributed by atoms with Gasteiger partial charge in [-0.25, -0.2) is 4.79 Å². The van der Waals surface area contributed by atoms with Crippen LogP contribution in [-0.2, 0) is 9.47 Å². The smallest absolute Gasteiger partial charge is 0.319 e. The average molecular weight is 563 g/mol. The summed E-state index contributed by atoms with van der Waals surface area (Å²) in [5.41, 5.74) is 3.77. The summed E-state index contributed by atoms with van der Waals surface area (Å²) in [6, 6.07) is 23.6. The van der Waals surface area contributed by atoms with Crippen molar-refractivity contribution in [2.75, 3.05) is 90.1 Å². The minimum absolute atomic E-state index is 0.219. The number of ether oxygens (including phenoxy) is 4. The second-order valence-corrected chi connectivity index (χ2v) is 9.76. The summed E-state index contributed by atoms with van der Waals surface area (Å²) >= 11 is 0.